The van der Waals surface area contributed by atoms with Gasteiger partial charge in [0.15, 0.2) is 0 Å². The molecule has 0 radical (unpaired) electrons. The van der Waals surface area contributed by atoms with E-state index in [1.807, 2.05) is 29.5 Å². The van der Waals surface area contributed by atoms with Crippen LogP contribution in [0.5, 0.6) is 5.75 Å². The van der Waals surface area contributed by atoms with Crippen molar-refractivity contribution in [2.45, 2.75) is 18.7 Å². The zero-order valence-corrected chi connectivity index (χ0v) is 20.1. The molecule has 0 aliphatic heterocycles. The number of esters is 1. The summed E-state index contributed by atoms with van der Waals surface area (Å²) in [5.74, 6) is 0.305. The predicted molar refractivity (Wildman–Crippen MR) is 130 cm³/mol. The number of benzene rings is 2. The van der Waals surface area contributed by atoms with Gasteiger partial charge in [-0.2, -0.15) is 8.42 Å². The second-order valence-corrected chi connectivity index (χ2v) is 9.33. The van der Waals surface area contributed by atoms with Crippen LogP contribution in [0.15, 0.2) is 71.6 Å². The van der Waals surface area contributed by atoms with Crippen molar-refractivity contribution >= 4 is 39.2 Å². The fourth-order valence-corrected chi connectivity index (χ4v) is 4.51. The fourth-order valence-electron chi connectivity index (χ4n) is 3.46. The number of rotatable bonds is 8. The van der Waals surface area contributed by atoms with Crippen LogP contribution in [0.3, 0.4) is 0 Å². The first-order valence-electron chi connectivity index (χ1n) is 10.5. The number of hydrogen-bond acceptors (Lipinski definition) is 7. The molecular weight excluding hydrogens is 478 g/mol. The molecule has 4 aromatic rings. The molecule has 1 N–H and O–H groups in total. The van der Waals surface area contributed by atoms with Crippen LogP contribution in [-0.4, -0.2) is 36.9 Å². The summed E-state index contributed by atoms with van der Waals surface area (Å²) in [5, 5.41) is 3.54. The van der Waals surface area contributed by atoms with Gasteiger partial charge in [0.05, 0.1) is 6.61 Å². The number of nitrogens with zero attached hydrogens (tertiary/aromatic N) is 2. The zero-order valence-electron chi connectivity index (χ0n) is 18.5. The third-order valence-corrected chi connectivity index (χ3v) is 6.47. The van der Waals surface area contributed by atoms with E-state index in [1.54, 1.807) is 31.2 Å². The SMILES string of the molecule is CCOC(=O)CNc1c(-c2cccc(OS(=O)(=O)c3ccc(Cl)cc3)c2)nc2cccc(C)n12. The molecule has 2 aromatic heterocycles. The van der Waals surface area contributed by atoms with Gasteiger partial charge in [-0.1, -0.05) is 29.8 Å². The number of pyridine rings is 1. The molecule has 0 saturated heterocycles. The highest BCUT2D eigenvalue weighted by molar-refractivity contribution is 7.87. The summed E-state index contributed by atoms with van der Waals surface area (Å²) in [6, 6.07) is 18.0. The monoisotopic (exact) mass is 499 g/mol. The lowest BCUT2D eigenvalue weighted by Gasteiger charge is -2.11. The highest BCUT2D eigenvalue weighted by atomic mass is 35.5. The van der Waals surface area contributed by atoms with E-state index in [2.05, 4.69) is 5.32 Å². The van der Waals surface area contributed by atoms with Crippen molar-refractivity contribution in [2.75, 3.05) is 18.5 Å². The summed E-state index contributed by atoms with van der Waals surface area (Å²) in [7, 11) is -4.06. The lowest BCUT2D eigenvalue weighted by atomic mass is 10.1. The van der Waals surface area contributed by atoms with Gasteiger partial charge in [0.1, 0.15) is 34.3 Å². The van der Waals surface area contributed by atoms with E-state index in [0.29, 0.717) is 27.7 Å². The normalized spacial score (nSPS) is 11.4. The Hall–Kier alpha value is -3.56. The van der Waals surface area contributed by atoms with Gasteiger partial charge in [-0.15, -0.1) is 0 Å². The Morgan fingerprint density at radius 3 is 2.56 bits per heavy atom. The molecule has 0 unspecified atom stereocenters. The Morgan fingerprint density at radius 2 is 1.82 bits per heavy atom. The van der Waals surface area contributed by atoms with Crippen molar-refractivity contribution in [1.82, 2.24) is 9.38 Å². The molecular formula is C24H22ClN3O5S. The van der Waals surface area contributed by atoms with Crippen LogP contribution in [0, 0.1) is 6.92 Å². The minimum Gasteiger partial charge on any atom is -0.465 e. The molecule has 2 heterocycles. The van der Waals surface area contributed by atoms with Crippen molar-refractivity contribution in [3.05, 3.63) is 77.4 Å². The van der Waals surface area contributed by atoms with Crippen molar-refractivity contribution in [2.24, 2.45) is 0 Å². The highest BCUT2D eigenvalue weighted by Crippen LogP contribution is 2.32. The number of imidazole rings is 1. The van der Waals surface area contributed by atoms with E-state index < -0.39 is 16.1 Å². The maximum Gasteiger partial charge on any atom is 0.339 e. The molecule has 0 saturated carbocycles. The van der Waals surface area contributed by atoms with Crippen LogP contribution in [0.2, 0.25) is 5.02 Å². The minimum absolute atomic E-state index is 0.0116. The lowest BCUT2D eigenvalue weighted by molar-refractivity contribution is -0.140. The summed E-state index contributed by atoms with van der Waals surface area (Å²) < 4.78 is 37.7. The molecule has 0 bridgehead atoms. The van der Waals surface area contributed by atoms with Crippen LogP contribution in [0.25, 0.3) is 16.9 Å². The molecule has 0 spiro atoms. The molecule has 0 amide bonds. The third kappa shape index (κ3) is 5.00. The quantitative estimate of drug-likeness (QED) is 0.277. The standard InChI is InChI=1S/C24H22ClN3O5S/c1-3-32-22(29)15-26-24-23(27-21-9-4-6-16(2)28(21)24)17-7-5-8-19(14-17)33-34(30,31)20-12-10-18(25)11-13-20/h4-14,26H,3,15H2,1-2H3. The average Bonchev–Trinajstić information content (AvgIpc) is 3.18. The summed E-state index contributed by atoms with van der Waals surface area (Å²) >= 11 is 5.85. The summed E-state index contributed by atoms with van der Waals surface area (Å²) in [6.45, 7) is 3.89. The van der Waals surface area contributed by atoms with Gasteiger partial charge in [-0.3, -0.25) is 9.20 Å². The molecule has 176 valence electrons. The fraction of sp³-hybridized carbons (Fsp3) is 0.167. The maximum absolute atomic E-state index is 12.7. The first-order valence-corrected chi connectivity index (χ1v) is 12.2. The van der Waals surface area contributed by atoms with Gasteiger partial charge in [-0.05, 0) is 62.4 Å². The van der Waals surface area contributed by atoms with E-state index in [9.17, 15) is 13.2 Å². The summed E-state index contributed by atoms with van der Waals surface area (Å²) in [6.07, 6.45) is 0. The van der Waals surface area contributed by atoms with Crippen molar-refractivity contribution in [3.63, 3.8) is 0 Å². The first-order chi connectivity index (χ1) is 16.3. The number of aryl methyl sites for hydroxylation is 1. The number of hydrogen-bond donors (Lipinski definition) is 1. The van der Waals surface area contributed by atoms with Crippen molar-refractivity contribution in [1.29, 1.82) is 0 Å². The topological polar surface area (TPSA) is 99.0 Å². The summed E-state index contributed by atoms with van der Waals surface area (Å²) in [5.41, 5.74) is 2.72. The van der Waals surface area contributed by atoms with Gasteiger partial charge in [0.25, 0.3) is 0 Å². The Kier molecular flexibility index (Phi) is 6.76. The zero-order chi connectivity index (χ0) is 24.3. The second kappa shape index (κ2) is 9.74. The van der Waals surface area contributed by atoms with Crippen LogP contribution in [0.1, 0.15) is 12.6 Å². The number of carbonyl (C=O) groups excluding carboxylic acids is 1. The minimum atomic E-state index is -4.06. The van der Waals surface area contributed by atoms with Crippen LogP contribution >= 0.6 is 11.6 Å². The average molecular weight is 500 g/mol. The van der Waals surface area contributed by atoms with E-state index in [-0.39, 0.29) is 23.8 Å². The Balaban J connectivity index is 1.71. The van der Waals surface area contributed by atoms with Crippen LogP contribution < -0.4 is 9.50 Å². The molecule has 0 aliphatic rings. The van der Waals surface area contributed by atoms with Crippen molar-refractivity contribution < 1.29 is 22.1 Å². The Bertz CT molecular complexity index is 1450. The Labute approximate surface area is 202 Å². The molecule has 8 nitrogen and oxygen atoms in total. The van der Waals surface area contributed by atoms with E-state index >= 15 is 0 Å². The number of halogens is 1. The smallest absolute Gasteiger partial charge is 0.339 e. The van der Waals surface area contributed by atoms with Crippen LogP contribution in [-0.2, 0) is 19.6 Å². The highest BCUT2D eigenvalue weighted by Gasteiger charge is 2.20. The molecule has 10 heteroatoms. The number of ether oxygens (including phenoxy) is 1. The number of fused-ring (bicyclic) bond motifs is 1. The van der Waals surface area contributed by atoms with Crippen LogP contribution in [0.4, 0.5) is 5.82 Å². The molecule has 34 heavy (non-hydrogen) atoms. The van der Waals surface area contributed by atoms with Gasteiger partial charge in [0, 0.05) is 16.3 Å². The second-order valence-electron chi connectivity index (χ2n) is 7.35. The van der Waals surface area contributed by atoms with Gasteiger partial charge >= 0.3 is 16.1 Å². The molecule has 2 aromatic carbocycles. The molecule has 0 atom stereocenters. The lowest BCUT2D eigenvalue weighted by Crippen LogP contribution is -2.18. The van der Waals surface area contributed by atoms with E-state index in [1.165, 1.54) is 24.3 Å². The molecule has 0 aliphatic carbocycles. The largest absolute Gasteiger partial charge is 0.465 e. The predicted octanol–water partition coefficient (Wildman–Crippen LogP) is 4.71. The third-order valence-electron chi connectivity index (χ3n) is 4.96. The van der Waals surface area contributed by atoms with Gasteiger partial charge < -0.3 is 14.2 Å². The van der Waals surface area contributed by atoms with Gasteiger partial charge in [0.2, 0.25) is 0 Å². The Morgan fingerprint density at radius 1 is 1.09 bits per heavy atom. The van der Waals surface area contributed by atoms with E-state index in [4.69, 9.17) is 25.5 Å². The maximum atomic E-state index is 12.7. The number of carbonyl (C=O) groups is 1. The summed E-state index contributed by atoms with van der Waals surface area (Å²) in [4.78, 5) is 16.7. The molecule has 0 fully saturated rings. The molecule has 4 rings (SSSR count). The number of aromatic nitrogens is 2. The first kappa shape index (κ1) is 23.6. The van der Waals surface area contributed by atoms with Crippen molar-refractivity contribution in [3.8, 4) is 17.0 Å². The number of anilines is 1. The van der Waals surface area contributed by atoms with Gasteiger partial charge in [-0.25, -0.2) is 4.98 Å². The number of nitrogens with one attached hydrogen (secondary N) is 1. The van der Waals surface area contributed by atoms with E-state index in [0.717, 1.165) is 5.69 Å².